The van der Waals surface area contributed by atoms with Crippen molar-refractivity contribution >= 4 is 27.7 Å². The summed E-state index contributed by atoms with van der Waals surface area (Å²) in [6, 6.07) is 25.8. The summed E-state index contributed by atoms with van der Waals surface area (Å²) in [5.74, 6) is 0.673. The molecule has 0 aliphatic heterocycles. The van der Waals surface area contributed by atoms with Crippen LogP contribution in [0.1, 0.15) is 62.3 Å². The van der Waals surface area contributed by atoms with Gasteiger partial charge in [0.15, 0.2) is 0 Å². The molecule has 0 spiro atoms. The fourth-order valence-electron chi connectivity index (χ4n) is 4.23. The quantitative estimate of drug-likeness (QED) is 0.260. The van der Waals surface area contributed by atoms with Gasteiger partial charge in [-0.3, -0.25) is 9.59 Å². The fourth-order valence-corrected chi connectivity index (χ4v) is 4.49. The van der Waals surface area contributed by atoms with E-state index in [1.54, 1.807) is 4.90 Å². The number of aryl methyl sites for hydroxylation is 1. The van der Waals surface area contributed by atoms with Crippen LogP contribution in [0, 0.1) is 5.92 Å². The number of carbonyl (C=O) groups excluding carboxylic acids is 2. The average Bonchev–Trinajstić information content (AvgIpc) is 2.89. The molecule has 2 amide bonds. The van der Waals surface area contributed by atoms with Crippen LogP contribution in [0.3, 0.4) is 0 Å². The highest BCUT2D eigenvalue weighted by Crippen LogP contribution is 2.20. The zero-order valence-corrected chi connectivity index (χ0v) is 24.0. The molecule has 3 aromatic rings. The van der Waals surface area contributed by atoms with Gasteiger partial charge in [-0.05, 0) is 52.6 Å². The summed E-state index contributed by atoms with van der Waals surface area (Å²) in [5.41, 5.74) is 4.44. The molecule has 37 heavy (non-hydrogen) atoms. The molecule has 5 heteroatoms. The van der Waals surface area contributed by atoms with E-state index >= 15 is 0 Å². The number of amides is 2. The third kappa shape index (κ3) is 9.15. The van der Waals surface area contributed by atoms with Crippen LogP contribution in [0.15, 0.2) is 83.3 Å². The molecule has 0 heterocycles. The van der Waals surface area contributed by atoms with E-state index in [1.807, 2.05) is 54.6 Å². The van der Waals surface area contributed by atoms with Crippen LogP contribution in [0.4, 0.5) is 0 Å². The Kier molecular flexibility index (Phi) is 10.9. The van der Waals surface area contributed by atoms with E-state index in [-0.39, 0.29) is 11.8 Å². The molecule has 1 atom stereocenters. The van der Waals surface area contributed by atoms with Gasteiger partial charge in [-0.2, -0.15) is 0 Å². The molecule has 4 nitrogen and oxygen atoms in total. The number of hydrogen-bond acceptors (Lipinski definition) is 2. The zero-order valence-electron chi connectivity index (χ0n) is 22.4. The van der Waals surface area contributed by atoms with Crippen LogP contribution in [-0.2, 0) is 29.0 Å². The Morgan fingerprint density at radius 2 is 1.43 bits per heavy atom. The molecule has 0 aromatic heterocycles. The van der Waals surface area contributed by atoms with E-state index in [1.165, 1.54) is 5.56 Å². The lowest BCUT2D eigenvalue weighted by Gasteiger charge is -2.32. The van der Waals surface area contributed by atoms with Crippen molar-refractivity contribution in [2.24, 2.45) is 5.92 Å². The Bertz CT molecular complexity index is 1130. The Morgan fingerprint density at radius 1 is 0.811 bits per heavy atom. The van der Waals surface area contributed by atoms with Gasteiger partial charge in [0.05, 0.1) is 0 Å². The predicted molar refractivity (Wildman–Crippen MR) is 155 cm³/mol. The zero-order chi connectivity index (χ0) is 26.8. The van der Waals surface area contributed by atoms with E-state index in [9.17, 15) is 9.59 Å². The fraction of sp³-hybridized carbons (Fsp3) is 0.375. The molecule has 0 aliphatic carbocycles. The summed E-state index contributed by atoms with van der Waals surface area (Å²) in [6.07, 6.45) is 1.45. The van der Waals surface area contributed by atoms with Crippen LogP contribution < -0.4 is 5.32 Å². The topological polar surface area (TPSA) is 49.4 Å². The normalized spacial score (nSPS) is 12.0. The van der Waals surface area contributed by atoms with E-state index in [0.29, 0.717) is 44.2 Å². The second-order valence-corrected chi connectivity index (χ2v) is 11.3. The maximum Gasteiger partial charge on any atom is 0.243 e. The highest BCUT2D eigenvalue weighted by Gasteiger charge is 2.30. The van der Waals surface area contributed by atoms with Crippen molar-refractivity contribution in [3.05, 3.63) is 106 Å². The lowest BCUT2D eigenvalue weighted by atomic mass is 9.99. The Balaban J connectivity index is 1.86. The van der Waals surface area contributed by atoms with Crippen molar-refractivity contribution in [1.29, 1.82) is 0 Å². The van der Waals surface area contributed by atoms with Crippen LogP contribution in [-0.4, -0.2) is 29.3 Å². The number of nitrogens with one attached hydrogen (secondary N) is 1. The first-order chi connectivity index (χ1) is 17.7. The third-order valence-corrected chi connectivity index (χ3v) is 7.02. The Morgan fingerprint density at radius 3 is 2.03 bits per heavy atom. The minimum atomic E-state index is -0.597. The van der Waals surface area contributed by atoms with E-state index in [4.69, 9.17) is 0 Å². The van der Waals surface area contributed by atoms with Gasteiger partial charge in [-0.1, -0.05) is 110 Å². The minimum Gasteiger partial charge on any atom is -0.354 e. The van der Waals surface area contributed by atoms with Crippen molar-refractivity contribution in [3.8, 4) is 0 Å². The molecular formula is C32H39BrN2O2. The second-order valence-electron chi connectivity index (χ2n) is 10.4. The van der Waals surface area contributed by atoms with E-state index in [2.05, 4.69) is 73.2 Å². The van der Waals surface area contributed by atoms with Gasteiger partial charge in [0.2, 0.25) is 11.8 Å². The van der Waals surface area contributed by atoms with Crippen molar-refractivity contribution in [3.63, 3.8) is 0 Å². The second kappa shape index (κ2) is 14.1. The SMILES string of the molecule is CC(C)CNC(=O)[C@@H](Cc1ccccc1)N(Cc1ccc(Br)cc1)C(=O)CCc1ccc(C(C)C)cc1. The standard InChI is InChI=1S/C32H39BrN2O2/c1-23(2)21-34-32(37)30(20-26-8-6-5-7-9-26)35(22-27-12-17-29(33)18-13-27)31(36)19-14-25-10-15-28(16-11-25)24(3)4/h5-13,15-18,23-24,30H,14,19-22H2,1-4H3,(H,34,37)/t30-/m1/s1. The molecule has 0 aliphatic rings. The molecule has 0 unspecified atom stereocenters. The van der Waals surface area contributed by atoms with Gasteiger partial charge in [0.1, 0.15) is 6.04 Å². The van der Waals surface area contributed by atoms with Gasteiger partial charge in [-0.15, -0.1) is 0 Å². The Hall–Kier alpha value is -2.92. The number of benzene rings is 3. The van der Waals surface area contributed by atoms with Crippen LogP contribution in [0.25, 0.3) is 0 Å². The van der Waals surface area contributed by atoms with E-state index < -0.39 is 6.04 Å². The molecule has 0 fully saturated rings. The third-order valence-electron chi connectivity index (χ3n) is 6.50. The van der Waals surface area contributed by atoms with E-state index in [0.717, 1.165) is 21.2 Å². The summed E-state index contributed by atoms with van der Waals surface area (Å²) < 4.78 is 0.981. The first-order valence-electron chi connectivity index (χ1n) is 13.2. The Labute approximate surface area is 230 Å². The molecule has 3 aromatic carbocycles. The summed E-state index contributed by atoms with van der Waals surface area (Å²) in [7, 11) is 0. The smallest absolute Gasteiger partial charge is 0.243 e. The maximum atomic E-state index is 13.8. The van der Waals surface area contributed by atoms with Gasteiger partial charge < -0.3 is 10.2 Å². The summed E-state index contributed by atoms with van der Waals surface area (Å²) in [6.45, 7) is 9.45. The van der Waals surface area contributed by atoms with Crippen molar-refractivity contribution in [2.75, 3.05) is 6.54 Å². The lowest BCUT2D eigenvalue weighted by molar-refractivity contribution is -0.141. The van der Waals surface area contributed by atoms with Crippen LogP contribution in [0.5, 0.6) is 0 Å². The molecule has 196 valence electrons. The number of carbonyl (C=O) groups is 2. The highest BCUT2D eigenvalue weighted by atomic mass is 79.9. The first-order valence-corrected chi connectivity index (χ1v) is 14.0. The lowest BCUT2D eigenvalue weighted by Crippen LogP contribution is -2.51. The number of rotatable bonds is 12. The van der Waals surface area contributed by atoms with Crippen molar-refractivity contribution in [2.45, 2.75) is 65.5 Å². The number of hydrogen-bond donors (Lipinski definition) is 1. The predicted octanol–water partition coefficient (Wildman–Crippen LogP) is 6.92. The van der Waals surface area contributed by atoms with Crippen molar-refractivity contribution < 1.29 is 9.59 Å². The van der Waals surface area contributed by atoms with Crippen LogP contribution >= 0.6 is 15.9 Å². The largest absolute Gasteiger partial charge is 0.354 e. The van der Waals surface area contributed by atoms with Gasteiger partial charge in [0, 0.05) is 30.4 Å². The average molecular weight is 564 g/mol. The van der Waals surface area contributed by atoms with Gasteiger partial charge in [0.25, 0.3) is 0 Å². The molecule has 3 rings (SSSR count). The molecule has 0 radical (unpaired) electrons. The summed E-state index contributed by atoms with van der Waals surface area (Å²) >= 11 is 3.49. The highest BCUT2D eigenvalue weighted by molar-refractivity contribution is 9.10. The molecule has 0 saturated heterocycles. The maximum absolute atomic E-state index is 13.8. The molecule has 1 N–H and O–H groups in total. The van der Waals surface area contributed by atoms with Crippen LogP contribution in [0.2, 0.25) is 0 Å². The number of halogens is 1. The van der Waals surface area contributed by atoms with Gasteiger partial charge in [-0.25, -0.2) is 0 Å². The minimum absolute atomic E-state index is 0.0171. The molecule has 0 saturated carbocycles. The summed E-state index contributed by atoms with van der Waals surface area (Å²) in [4.78, 5) is 29.1. The monoisotopic (exact) mass is 562 g/mol. The number of nitrogens with zero attached hydrogens (tertiary/aromatic N) is 1. The summed E-state index contributed by atoms with van der Waals surface area (Å²) in [5, 5.41) is 3.08. The molecular weight excluding hydrogens is 524 g/mol. The first kappa shape index (κ1) is 28.6. The van der Waals surface area contributed by atoms with Gasteiger partial charge >= 0.3 is 0 Å². The molecule has 0 bridgehead atoms. The van der Waals surface area contributed by atoms with Crippen molar-refractivity contribution in [1.82, 2.24) is 10.2 Å².